The van der Waals surface area contributed by atoms with Crippen molar-refractivity contribution in [2.24, 2.45) is 0 Å². The van der Waals surface area contributed by atoms with Gasteiger partial charge in [-0.25, -0.2) is 0 Å². The Hall–Kier alpha value is -0.900. The summed E-state index contributed by atoms with van der Waals surface area (Å²) in [6, 6.07) is 11.1. The molecule has 1 aromatic carbocycles. The van der Waals surface area contributed by atoms with Gasteiger partial charge >= 0.3 is 0 Å². The van der Waals surface area contributed by atoms with Gasteiger partial charge in [0, 0.05) is 25.7 Å². The standard InChI is InChI=1S/C14H22N2O/c1-2-16(10-13-6-4-3-5-7-13)11-14-12-17-9-8-15-14/h3-7,14-15H,2,8-12H2,1H3. The Morgan fingerprint density at radius 2 is 2.18 bits per heavy atom. The minimum absolute atomic E-state index is 0.479. The highest BCUT2D eigenvalue weighted by Crippen LogP contribution is 2.06. The molecule has 1 N–H and O–H groups in total. The van der Waals surface area contributed by atoms with Gasteiger partial charge in [0.15, 0.2) is 0 Å². The molecule has 0 bridgehead atoms. The van der Waals surface area contributed by atoms with E-state index in [2.05, 4.69) is 47.5 Å². The number of nitrogens with one attached hydrogen (secondary N) is 1. The van der Waals surface area contributed by atoms with Crippen molar-refractivity contribution in [3.8, 4) is 0 Å². The number of likely N-dealkylation sites (N-methyl/N-ethyl adjacent to an activating group) is 1. The first kappa shape index (κ1) is 12.6. The summed E-state index contributed by atoms with van der Waals surface area (Å²) in [5, 5.41) is 3.50. The van der Waals surface area contributed by atoms with Gasteiger partial charge in [-0.2, -0.15) is 0 Å². The van der Waals surface area contributed by atoms with Gasteiger partial charge in [0.25, 0.3) is 0 Å². The Kier molecular flexibility index (Phi) is 4.98. The van der Waals surface area contributed by atoms with Crippen LogP contribution in [0, 0.1) is 0 Å². The number of rotatable bonds is 5. The zero-order chi connectivity index (χ0) is 11.9. The van der Waals surface area contributed by atoms with Crippen LogP contribution in [0.4, 0.5) is 0 Å². The Balaban J connectivity index is 1.83. The summed E-state index contributed by atoms with van der Waals surface area (Å²) in [6.07, 6.45) is 0. The van der Waals surface area contributed by atoms with Crippen molar-refractivity contribution in [1.29, 1.82) is 0 Å². The first-order valence-corrected chi connectivity index (χ1v) is 6.46. The van der Waals surface area contributed by atoms with Crippen molar-refractivity contribution in [2.75, 3.05) is 32.8 Å². The molecule has 1 aliphatic rings. The quantitative estimate of drug-likeness (QED) is 0.835. The number of morpholine rings is 1. The van der Waals surface area contributed by atoms with E-state index in [0.717, 1.165) is 39.4 Å². The van der Waals surface area contributed by atoms with Crippen molar-refractivity contribution >= 4 is 0 Å². The molecule has 1 saturated heterocycles. The maximum absolute atomic E-state index is 5.49. The monoisotopic (exact) mass is 234 g/mol. The van der Waals surface area contributed by atoms with Crippen molar-refractivity contribution in [3.05, 3.63) is 35.9 Å². The average molecular weight is 234 g/mol. The normalized spacial score (nSPS) is 20.7. The molecule has 1 unspecified atom stereocenters. The summed E-state index contributed by atoms with van der Waals surface area (Å²) in [5.41, 5.74) is 1.38. The molecule has 3 nitrogen and oxygen atoms in total. The minimum Gasteiger partial charge on any atom is -0.378 e. The molecule has 3 heteroatoms. The molecule has 1 fully saturated rings. The maximum Gasteiger partial charge on any atom is 0.0632 e. The van der Waals surface area contributed by atoms with Gasteiger partial charge in [-0.1, -0.05) is 37.3 Å². The summed E-state index contributed by atoms with van der Waals surface area (Å²) in [7, 11) is 0. The molecular weight excluding hydrogens is 212 g/mol. The van der Waals surface area contributed by atoms with E-state index in [1.54, 1.807) is 0 Å². The summed E-state index contributed by atoms with van der Waals surface area (Å²) in [4.78, 5) is 2.46. The van der Waals surface area contributed by atoms with Crippen LogP contribution >= 0.6 is 0 Å². The first-order valence-electron chi connectivity index (χ1n) is 6.46. The van der Waals surface area contributed by atoms with Crippen LogP contribution in [0.5, 0.6) is 0 Å². The van der Waals surface area contributed by atoms with E-state index in [9.17, 15) is 0 Å². The van der Waals surface area contributed by atoms with Gasteiger partial charge in [-0.3, -0.25) is 4.90 Å². The highest BCUT2D eigenvalue weighted by atomic mass is 16.5. The second-order valence-electron chi connectivity index (χ2n) is 4.54. The number of nitrogens with zero attached hydrogens (tertiary/aromatic N) is 1. The van der Waals surface area contributed by atoms with Gasteiger partial charge < -0.3 is 10.1 Å². The number of hydrogen-bond donors (Lipinski definition) is 1. The van der Waals surface area contributed by atoms with Gasteiger partial charge in [-0.05, 0) is 12.1 Å². The molecule has 0 radical (unpaired) electrons. The fourth-order valence-corrected chi connectivity index (χ4v) is 2.20. The summed E-state index contributed by atoms with van der Waals surface area (Å²) in [6.45, 7) is 8.04. The number of ether oxygens (including phenoxy) is 1. The lowest BCUT2D eigenvalue weighted by atomic mass is 10.2. The Bertz CT molecular complexity index is 309. The Morgan fingerprint density at radius 3 is 2.82 bits per heavy atom. The van der Waals surface area contributed by atoms with Crippen molar-refractivity contribution < 1.29 is 4.74 Å². The average Bonchev–Trinajstić information content (AvgIpc) is 2.40. The van der Waals surface area contributed by atoms with Crippen LogP contribution < -0.4 is 5.32 Å². The van der Waals surface area contributed by atoms with Crippen LogP contribution in [0.15, 0.2) is 30.3 Å². The molecule has 1 heterocycles. The molecule has 94 valence electrons. The second-order valence-corrected chi connectivity index (χ2v) is 4.54. The van der Waals surface area contributed by atoms with Gasteiger partial charge in [0.2, 0.25) is 0 Å². The zero-order valence-corrected chi connectivity index (χ0v) is 10.6. The third kappa shape index (κ3) is 4.11. The highest BCUT2D eigenvalue weighted by molar-refractivity contribution is 5.14. The summed E-state index contributed by atoms with van der Waals surface area (Å²) >= 11 is 0. The third-order valence-electron chi connectivity index (χ3n) is 3.17. The molecule has 1 aliphatic heterocycles. The van der Waals surface area contributed by atoms with Crippen LogP contribution in [-0.2, 0) is 11.3 Å². The molecule has 0 saturated carbocycles. The maximum atomic E-state index is 5.49. The zero-order valence-electron chi connectivity index (χ0n) is 10.6. The Labute approximate surface area is 104 Å². The van der Waals surface area contributed by atoms with Crippen molar-refractivity contribution in [1.82, 2.24) is 10.2 Å². The summed E-state index contributed by atoms with van der Waals surface area (Å²) < 4.78 is 5.49. The fourth-order valence-electron chi connectivity index (χ4n) is 2.20. The lowest BCUT2D eigenvalue weighted by Crippen LogP contribution is -2.48. The molecular formula is C14H22N2O. The molecule has 0 aromatic heterocycles. The predicted octanol–water partition coefficient (Wildman–Crippen LogP) is 1.50. The number of hydrogen-bond acceptors (Lipinski definition) is 3. The van der Waals surface area contributed by atoms with Crippen LogP contribution in [0.1, 0.15) is 12.5 Å². The van der Waals surface area contributed by atoms with E-state index in [-0.39, 0.29) is 0 Å². The third-order valence-corrected chi connectivity index (χ3v) is 3.17. The van der Waals surface area contributed by atoms with E-state index >= 15 is 0 Å². The van der Waals surface area contributed by atoms with Crippen molar-refractivity contribution in [3.63, 3.8) is 0 Å². The molecule has 1 atom stereocenters. The molecule has 0 amide bonds. The molecule has 17 heavy (non-hydrogen) atoms. The van der Waals surface area contributed by atoms with E-state index in [1.807, 2.05) is 0 Å². The Morgan fingerprint density at radius 1 is 1.35 bits per heavy atom. The summed E-state index contributed by atoms with van der Waals surface area (Å²) in [5.74, 6) is 0. The van der Waals surface area contributed by atoms with Gasteiger partial charge in [0.1, 0.15) is 0 Å². The lowest BCUT2D eigenvalue weighted by molar-refractivity contribution is 0.0615. The van der Waals surface area contributed by atoms with Crippen LogP contribution in [0.25, 0.3) is 0 Å². The van der Waals surface area contributed by atoms with Crippen LogP contribution in [0.3, 0.4) is 0 Å². The largest absolute Gasteiger partial charge is 0.378 e. The van der Waals surface area contributed by atoms with Gasteiger partial charge in [-0.15, -0.1) is 0 Å². The first-order chi connectivity index (χ1) is 8.38. The molecule has 0 aliphatic carbocycles. The minimum atomic E-state index is 0.479. The SMILES string of the molecule is CCN(Cc1ccccc1)CC1COCCN1. The van der Waals surface area contributed by atoms with Gasteiger partial charge in [0.05, 0.1) is 13.2 Å². The van der Waals surface area contributed by atoms with Crippen LogP contribution in [0.2, 0.25) is 0 Å². The van der Waals surface area contributed by atoms with Crippen molar-refractivity contribution in [2.45, 2.75) is 19.5 Å². The van der Waals surface area contributed by atoms with E-state index in [0.29, 0.717) is 6.04 Å². The molecule has 2 rings (SSSR count). The second kappa shape index (κ2) is 6.74. The highest BCUT2D eigenvalue weighted by Gasteiger charge is 2.16. The number of benzene rings is 1. The van der Waals surface area contributed by atoms with Crippen LogP contribution in [-0.4, -0.2) is 43.8 Å². The lowest BCUT2D eigenvalue weighted by Gasteiger charge is -2.29. The molecule has 1 aromatic rings. The predicted molar refractivity (Wildman–Crippen MR) is 70.0 cm³/mol. The smallest absolute Gasteiger partial charge is 0.0632 e. The topological polar surface area (TPSA) is 24.5 Å². The van der Waals surface area contributed by atoms with E-state index in [4.69, 9.17) is 4.74 Å². The fraction of sp³-hybridized carbons (Fsp3) is 0.571. The van der Waals surface area contributed by atoms with E-state index in [1.165, 1.54) is 5.56 Å². The molecule has 0 spiro atoms. The van der Waals surface area contributed by atoms with E-state index < -0.39 is 0 Å².